The molecular formula is C53H72N10O7S. The van der Waals surface area contributed by atoms with Crippen LogP contribution in [0.3, 0.4) is 0 Å². The zero-order valence-corrected chi connectivity index (χ0v) is 43.9. The van der Waals surface area contributed by atoms with Crippen LogP contribution in [0.25, 0.3) is 33.4 Å². The van der Waals surface area contributed by atoms with Gasteiger partial charge in [-0.1, -0.05) is 39.8 Å². The van der Waals surface area contributed by atoms with Gasteiger partial charge in [0.25, 0.3) is 5.91 Å². The lowest BCUT2D eigenvalue weighted by Crippen LogP contribution is -2.65. The number of fused-ring (bicyclic) bond motifs is 6. The van der Waals surface area contributed by atoms with E-state index < -0.39 is 41.3 Å². The zero-order valence-electron chi connectivity index (χ0n) is 43.1. The lowest BCUT2D eigenvalue weighted by Gasteiger charge is -2.45. The summed E-state index contributed by atoms with van der Waals surface area (Å²) < 4.78 is 14.3. The molecule has 5 amide bonds. The molecule has 7 heterocycles. The number of likely N-dealkylation sites (tertiary alicyclic amines) is 2. The molecule has 1 aromatic carbocycles. The Morgan fingerprint density at radius 1 is 1.08 bits per heavy atom. The number of pyridine rings is 1. The third-order valence-corrected chi connectivity index (χ3v) is 15.7. The maximum atomic E-state index is 14.7. The molecule has 0 spiro atoms. The molecule has 3 fully saturated rings. The van der Waals surface area contributed by atoms with Gasteiger partial charge in [0.05, 0.1) is 40.8 Å². The first-order chi connectivity index (χ1) is 33.9. The van der Waals surface area contributed by atoms with Crippen molar-refractivity contribution in [3.8, 4) is 22.5 Å². The summed E-state index contributed by atoms with van der Waals surface area (Å²) >= 11 is 1.41. The molecule has 4 aliphatic rings. The Bertz CT molecular complexity index is 2660. The van der Waals surface area contributed by atoms with Crippen molar-refractivity contribution >= 4 is 52.0 Å². The van der Waals surface area contributed by atoms with Crippen molar-refractivity contribution in [1.29, 1.82) is 0 Å². The summed E-state index contributed by atoms with van der Waals surface area (Å²) in [5, 5.41) is 8.13. The first kappa shape index (κ1) is 51.7. The number of urea groups is 1. The summed E-state index contributed by atoms with van der Waals surface area (Å²) in [7, 11) is 7.04. The summed E-state index contributed by atoms with van der Waals surface area (Å²) in [4.78, 5) is 87.2. The van der Waals surface area contributed by atoms with Crippen LogP contribution in [-0.4, -0.2) is 160 Å². The van der Waals surface area contributed by atoms with Gasteiger partial charge in [-0.05, 0) is 95.3 Å². The summed E-state index contributed by atoms with van der Waals surface area (Å²) in [6.45, 7) is 15.0. The average molecular weight is 993 g/mol. The molecule has 382 valence electrons. The number of cyclic esters (lactones) is 1. The van der Waals surface area contributed by atoms with E-state index in [1.807, 2.05) is 38.3 Å². The number of esters is 1. The number of carbonyl (C=O) groups excluding carboxylic acids is 5. The van der Waals surface area contributed by atoms with Gasteiger partial charge < -0.3 is 34.1 Å². The Hall–Kier alpha value is -5.69. The normalized spacial score (nSPS) is 22.0. The number of hydrogen-bond acceptors (Lipinski definition) is 12. The van der Waals surface area contributed by atoms with Crippen LogP contribution < -0.4 is 10.7 Å². The average Bonchev–Trinajstić information content (AvgIpc) is 4.07. The molecule has 2 N–H and O–H groups in total. The quantitative estimate of drug-likeness (QED) is 0.132. The molecule has 5 atom stereocenters. The maximum Gasteiger partial charge on any atom is 0.324 e. The number of aromatic nitrogens is 3. The van der Waals surface area contributed by atoms with E-state index in [1.54, 1.807) is 43.3 Å². The number of benzene rings is 1. The van der Waals surface area contributed by atoms with Crippen molar-refractivity contribution in [1.82, 2.24) is 49.9 Å². The fourth-order valence-electron chi connectivity index (χ4n) is 10.6. The second-order valence-corrected chi connectivity index (χ2v) is 21.9. The van der Waals surface area contributed by atoms with Gasteiger partial charge in [0.2, 0.25) is 11.8 Å². The van der Waals surface area contributed by atoms with Crippen molar-refractivity contribution in [2.24, 2.45) is 11.3 Å². The maximum absolute atomic E-state index is 14.7. The fourth-order valence-corrected chi connectivity index (χ4v) is 11.5. The van der Waals surface area contributed by atoms with Gasteiger partial charge in [-0.15, -0.1) is 11.3 Å². The van der Waals surface area contributed by atoms with Crippen LogP contribution in [0.1, 0.15) is 89.6 Å². The Labute approximate surface area is 421 Å². The monoisotopic (exact) mass is 993 g/mol. The van der Waals surface area contributed by atoms with Crippen molar-refractivity contribution in [3.05, 3.63) is 70.3 Å². The van der Waals surface area contributed by atoms with Crippen molar-refractivity contribution < 1.29 is 33.4 Å². The fraction of sp³-hybridized carbons (Fsp3) is 0.566. The number of hydrazine groups is 1. The van der Waals surface area contributed by atoms with Gasteiger partial charge in [0.1, 0.15) is 18.1 Å². The smallest absolute Gasteiger partial charge is 0.324 e. The first-order valence-electron chi connectivity index (χ1n) is 25.2. The minimum atomic E-state index is -1.09. The van der Waals surface area contributed by atoms with E-state index in [0.717, 1.165) is 64.1 Å². The van der Waals surface area contributed by atoms with Crippen LogP contribution in [0.15, 0.2) is 54.1 Å². The molecule has 0 aliphatic carbocycles. The number of nitrogens with one attached hydrogen (secondary N) is 2. The van der Waals surface area contributed by atoms with Gasteiger partial charge in [-0.3, -0.25) is 34.1 Å². The van der Waals surface area contributed by atoms with E-state index in [1.165, 1.54) is 21.2 Å². The number of nitrogens with zero attached hydrogens (tertiary/aromatic N) is 8. The molecule has 4 aliphatic heterocycles. The second-order valence-electron chi connectivity index (χ2n) is 20.9. The molecule has 1 unspecified atom stereocenters. The number of thiazole rings is 1. The van der Waals surface area contributed by atoms with Crippen LogP contribution in [-0.2, 0) is 48.0 Å². The van der Waals surface area contributed by atoms with Crippen LogP contribution >= 0.6 is 11.3 Å². The second kappa shape index (κ2) is 21.6. The van der Waals surface area contributed by atoms with E-state index in [9.17, 15) is 24.0 Å². The number of carbonyl (C=O) groups is 5. The van der Waals surface area contributed by atoms with E-state index in [2.05, 4.69) is 72.3 Å². The Morgan fingerprint density at radius 2 is 1.85 bits per heavy atom. The Morgan fingerprint density at radius 3 is 2.55 bits per heavy atom. The van der Waals surface area contributed by atoms with E-state index in [-0.39, 0.29) is 49.1 Å². The van der Waals surface area contributed by atoms with Gasteiger partial charge in [-0.2, -0.15) is 0 Å². The number of methoxy groups -OCH3 is 1. The zero-order chi connectivity index (χ0) is 50.9. The van der Waals surface area contributed by atoms with Crippen LogP contribution in [0.5, 0.6) is 0 Å². The van der Waals surface area contributed by atoms with Gasteiger partial charge in [0, 0.05) is 105 Å². The number of aryl methyl sites for hydroxylation is 1. The van der Waals surface area contributed by atoms with Crippen molar-refractivity contribution in [2.75, 3.05) is 61.0 Å². The summed E-state index contributed by atoms with van der Waals surface area (Å²) in [5.74, 6) is -1.78. The summed E-state index contributed by atoms with van der Waals surface area (Å²) in [5.41, 5.74) is 9.27. The summed E-state index contributed by atoms with van der Waals surface area (Å²) in [6, 6.07) is 7.27. The highest BCUT2D eigenvalue weighted by Crippen LogP contribution is 2.42. The molecule has 8 rings (SSSR count). The SMILES string of the molecule is CCn1c(-c2cccnc2[C@H](C)OC)c2c3cc(ccc31)-c1csc(n1)C[C@H](NC(=O)C(C(C)C)N(C)C(=O)N(C)C1CN(C(=O)/C=C/[C@@H]3CCCN3C)C1)C(=O)N1CCC[C@H](N1)C(=O)OCC(C)(C)C2. The lowest BCUT2D eigenvalue weighted by atomic mass is 9.84. The largest absolute Gasteiger partial charge is 0.464 e. The molecule has 17 nitrogen and oxygen atoms in total. The predicted octanol–water partition coefficient (Wildman–Crippen LogP) is 6.07. The first-order valence-corrected chi connectivity index (χ1v) is 26.1. The number of likely N-dealkylation sites (N-methyl/N-ethyl adjacent to an activating group) is 3. The summed E-state index contributed by atoms with van der Waals surface area (Å²) in [6.07, 6.45) is 8.93. The lowest BCUT2D eigenvalue weighted by molar-refractivity contribution is -0.155. The number of ether oxygens (including phenoxy) is 2. The molecule has 3 aromatic heterocycles. The van der Waals surface area contributed by atoms with Crippen LogP contribution in [0, 0.1) is 11.3 Å². The predicted molar refractivity (Wildman–Crippen MR) is 274 cm³/mol. The number of rotatable bonds is 11. The highest BCUT2D eigenvalue weighted by atomic mass is 32.1. The minimum absolute atomic E-state index is 0.0713. The highest BCUT2D eigenvalue weighted by Gasteiger charge is 2.41. The molecule has 71 heavy (non-hydrogen) atoms. The molecule has 18 heteroatoms. The Kier molecular flexibility index (Phi) is 15.7. The minimum Gasteiger partial charge on any atom is -0.464 e. The van der Waals surface area contributed by atoms with Gasteiger partial charge in [0.15, 0.2) is 0 Å². The molecule has 0 saturated carbocycles. The molecule has 4 aromatic rings. The van der Waals surface area contributed by atoms with Crippen molar-refractivity contribution in [3.63, 3.8) is 0 Å². The highest BCUT2D eigenvalue weighted by molar-refractivity contribution is 7.10. The topological polar surface area (TPSA) is 175 Å². The molecule has 0 radical (unpaired) electrons. The number of amides is 5. The van der Waals surface area contributed by atoms with Gasteiger partial charge >= 0.3 is 12.0 Å². The van der Waals surface area contributed by atoms with Crippen LogP contribution in [0.4, 0.5) is 4.79 Å². The van der Waals surface area contributed by atoms with E-state index in [4.69, 9.17) is 19.4 Å². The van der Waals surface area contributed by atoms with Gasteiger partial charge in [-0.25, -0.2) is 15.2 Å². The third-order valence-electron chi connectivity index (χ3n) is 14.8. The molecule has 6 bridgehead atoms. The molecule has 3 saturated heterocycles. The molecular weight excluding hydrogens is 921 g/mol. The number of hydrogen-bond donors (Lipinski definition) is 2. The van der Waals surface area contributed by atoms with E-state index >= 15 is 0 Å². The third kappa shape index (κ3) is 10.9. The standard InChI is InChI=1S/C53H72N10O7S/c1-11-62-43-20-18-34-25-38(43)39(48(62)37-16-12-22-54-46(37)33(4)69-10)27-53(5,6)31-70-51(67)40-17-14-24-63(57-40)50(66)41(26-44-55-42(34)30-71-44)56-49(65)47(32(2)3)60(9)52(68)59(8)36-28-61(29-36)45(64)21-19-35-15-13-23-58(35)7/h12,16,18-22,25,30,32-33,35-36,40-41,47,57H,11,13-15,17,23-24,26-29,31H2,1-10H3,(H,56,65)/b21-19+/t33-,35-,40-,41-,47?/m0/s1. The Balaban J connectivity index is 1.08. The van der Waals surface area contributed by atoms with Crippen LogP contribution in [0.2, 0.25) is 0 Å². The van der Waals surface area contributed by atoms with E-state index in [0.29, 0.717) is 50.4 Å². The van der Waals surface area contributed by atoms with Crippen molar-refractivity contribution in [2.45, 2.75) is 123 Å².